The number of nitrogens with two attached hydrogens (primary N) is 1. The molecule has 6 nitrogen and oxygen atoms in total. The number of nitrogens with one attached hydrogen (secondary N) is 2. The highest BCUT2D eigenvalue weighted by Gasteiger charge is 1.98. The standard InChI is InChI=1S/C8H9N5OS/c9-7-10-2-1-6(13-7)11-3-5-4-15-8(14)12-5/h1-2,4H,3H2,(H,12,14)(H3,9,10,11,13). The van der Waals surface area contributed by atoms with E-state index in [1.807, 2.05) is 0 Å². The van der Waals surface area contributed by atoms with Crippen LogP contribution >= 0.6 is 11.3 Å². The third-order valence-corrected chi connectivity index (χ3v) is 2.42. The zero-order valence-electron chi connectivity index (χ0n) is 7.73. The number of hydrogen-bond acceptors (Lipinski definition) is 6. The summed E-state index contributed by atoms with van der Waals surface area (Å²) in [7, 11) is 0. The van der Waals surface area contributed by atoms with E-state index in [0.29, 0.717) is 12.4 Å². The third-order valence-electron chi connectivity index (χ3n) is 1.71. The van der Waals surface area contributed by atoms with Crippen LogP contribution < -0.4 is 15.9 Å². The normalized spacial score (nSPS) is 10.1. The lowest BCUT2D eigenvalue weighted by Crippen LogP contribution is -2.05. The number of H-pyrrole nitrogens is 1. The fourth-order valence-corrected chi connectivity index (χ4v) is 1.64. The molecule has 0 amide bonds. The summed E-state index contributed by atoms with van der Waals surface area (Å²) < 4.78 is 0. The first-order valence-corrected chi connectivity index (χ1v) is 5.11. The maximum absolute atomic E-state index is 10.8. The quantitative estimate of drug-likeness (QED) is 0.700. The fraction of sp³-hybridized carbons (Fsp3) is 0.125. The fourth-order valence-electron chi connectivity index (χ4n) is 1.06. The molecule has 2 aromatic heterocycles. The summed E-state index contributed by atoms with van der Waals surface area (Å²) in [5.41, 5.74) is 6.24. The van der Waals surface area contributed by atoms with Gasteiger partial charge in [-0.2, -0.15) is 4.98 Å². The van der Waals surface area contributed by atoms with Crippen molar-refractivity contribution in [1.29, 1.82) is 0 Å². The van der Waals surface area contributed by atoms with E-state index in [-0.39, 0.29) is 10.8 Å². The molecule has 78 valence electrons. The van der Waals surface area contributed by atoms with E-state index in [1.165, 1.54) is 0 Å². The van der Waals surface area contributed by atoms with Crippen molar-refractivity contribution in [3.8, 4) is 0 Å². The summed E-state index contributed by atoms with van der Waals surface area (Å²) in [5, 5.41) is 4.78. The van der Waals surface area contributed by atoms with E-state index < -0.39 is 0 Å². The maximum atomic E-state index is 10.8. The molecule has 0 aliphatic carbocycles. The molecule has 2 aromatic rings. The molecular formula is C8H9N5OS. The van der Waals surface area contributed by atoms with Crippen LogP contribution in [0.5, 0.6) is 0 Å². The van der Waals surface area contributed by atoms with Crippen molar-refractivity contribution in [2.45, 2.75) is 6.54 Å². The molecule has 0 aliphatic heterocycles. The van der Waals surface area contributed by atoms with Crippen molar-refractivity contribution in [2.75, 3.05) is 11.1 Å². The predicted molar refractivity (Wildman–Crippen MR) is 58.7 cm³/mol. The van der Waals surface area contributed by atoms with Gasteiger partial charge < -0.3 is 16.0 Å². The van der Waals surface area contributed by atoms with E-state index in [0.717, 1.165) is 17.0 Å². The van der Waals surface area contributed by atoms with Gasteiger partial charge in [0.15, 0.2) is 0 Å². The Balaban J connectivity index is 2.02. The molecule has 7 heteroatoms. The number of anilines is 2. The monoisotopic (exact) mass is 223 g/mol. The molecule has 0 saturated carbocycles. The van der Waals surface area contributed by atoms with Crippen molar-refractivity contribution in [3.63, 3.8) is 0 Å². The lowest BCUT2D eigenvalue weighted by molar-refractivity contribution is 1.03. The van der Waals surface area contributed by atoms with E-state index in [1.54, 1.807) is 17.6 Å². The highest BCUT2D eigenvalue weighted by molar-refractivity contribution is 7.07. The summed E-state index contributed by atoms with van der Waals surface area (Å²) in [4.78, 5) is 21.2. The smallest absolute Gasteiger partial charge is 0.304 e. The molecule has 0 atom stereocenters. The van der Waals surface area contributed by atoms with Gasteiger partial charge in [0, 0.05) is 17.3 Å². The molecule has 0 spiro atoms. The van der Waals surface area contributed by atoms with E-state index in [9.17, 15) is 4.79 Å². The summed E-state index contributed by atoms with van der Waals surface area (Å²) >= 11 is 1.13. The molecule has 4 N–H and O–H groups in total. The number of aromatic nitrogens is 3. The Labute approximate surface area is 89.2 Å². The Morgan fingerprint density at radius 1 is 1.60 bits per heavy atom. The number of nitrogen functional groups attached to an aromatic ring is 1. The molecule has 0 unspecified atom stereocenters. The van der Waals surface area contributed by atoms with Gasteiger partial charge in [-0.05, 0) is 6.07 Å². The van der Waals surface area contributed by atoms with E-state index in [2.05, 4.69) is 20.3 Å². The zero-order chi connectivity index (χ0) is 10.7. The van der Waals surface area contributed by atoms with Crippen molar-refractivity contribution >= 4 is 23.1 Å². The minimum atomic E-state index is -0.0611. The number of aromatic amines is 1. The number of thiazole rings is 1. The second-order valence-corrected chi connectivity index (χ2v) is 3.67. The molecule has 0 bridgehead atoms. The molecule has 0 aromatic carbocycles. The Morgan fingerprint density at radius 2 is 2.47 bits per heavy atom. The summed E-state index contributed by atoms with van der Waals surface area (Å²) in [6.45, 7) is 0.509. The van der Waals surface area contributed by atoms with Gasteiger partial charge in [0.05, 0.1) is 6.54 Å². The van der Waals surface area contributed by atoms with E-state index in [4.69, 9.17) is 5.73 Å². The largest absolute Gasteiger partial charge is 0.368 e. The lowest BCUT2D eigenvalue weighted by Gasteiger charge is -2.03. The molecule has 0 fully saturated rings. The second-order valence-electron chi connectivity index (χ2n) is 2.83. The molecule has 2 rings (SSSR count). The molecule has 0 saturated heterocycles. The SMILES string of the molecule is Nc1nccc(NCc2csc(=O)[nH]2)n1. The van der Waals surface area contributed by atoms with Crippen molar-refractivity contribution in [3.05, 3.63) is 33.0 Å². The van der Waals surface area contributed by atoms with Crippen LogP contribution in [0.1, 0.15) is 5.69 Å². The van der Waals surface area contributed by atoms with Gasteiger partial charge in [-0.25, -0.2) is 4.98 Å². The molecular weight excluding hydrogens is 214 g/mol. The first-order chi connectivity index (χ1) is 7.24. The Morgan fingerprint density at radius 3 is 3.13 bits per heavy atom. The van der Waals surface area contributed by atoms with Crippen LogP contribution in [-0.2, 0) is 6.54 Å². The third kappa shape index (κ3) is 2.53. The van der Waals surface area contributed by atoms with Gasteiger partial charge in [-0.1, -0.05) is 11.3 Å². The topological polar surface area (TPSA) is 96.7 Å². The zero-order valence-corrected chi connectivity index (χ0v) is 8.54. The van der Waals surface area contributed by atoms with Crippen molar-refractivity contribution in [1.82, 2.24) is 15.0 Å². The van der Waals surface area contributed by atoms with Crippen molar-refractivity contribution < 1.29 is 0 Å². The average molecular weight is 223 g/mol. The number of hydrogen-bond donors (Lipinski definition) is 3. The summed E-state index contributed by atoms with van der Waals surface area (Å²) in [6, 6.07) is 1.71. The first-order valence-electron chi connectivity index (χ1n) is 4.23. The summed E-state index contributed by atoms with van der Waals surface area (Å²) in [5.74, 6) is 0.855. The highest BCUT2D eigenvalue weighted by Crippen LogP contribution is 2.05. The van der Waals surface area contributed by atoms with Gasteiger partial charge >= 0.3 is 4.87 Å². The van der Waals surface area contributed by atoms with Gasteiger partial charge in [0.1, 0.15) is 5.82 Å². The summed E-state index contributed by atoms with van der Waals surface area (Å²) in [6.07, 6.45) is 1.57. The number of rotatable bonds is 3. The van der Waals surface area contributed by atoms with Crippen LogP contribution in [-0.4, -0.2) is 15.0 Å². The molecule has 0 radical (unpaired) electrons. The van der Waals surface area contributed by atoms with Crippen LogP contribution in [0.3, 0.4) is 0 Å². The Kier molecular flexibility index (Phi) is 2.64. The molecule has 2 heterocycles. The minimum absolute atomic E-state index is 0.0611. The van der Waals surface area contributed by atoms with Crippen LogP contribution in [0.25, 0.3) is 0 Å². The first kappa shape index (κ1) is 9.66. The molecule has 15 heavy (non-hydrogen) atoms. The van der Waals surface area contributed by atoms with Gasteiger partial charge in [-0.3, -0.25) is 4.79 Å². The van der Waals surface area contributed by atoms with Crippen LogP contribution in [0.2, 0.25) is 0 Å². The van der Waals surface area contributed by atoms with Crippen LogP contribution in [0.4, 0.5) is 11.8 Å². The van der Waals surface area contributed by atoms with Gasteiger partial charge in [-0.15, -0.1) is 0 Å². The molecule has 0 aliphatic rings. The Hall–Kier alpha value is -1.89. The highest BCUT2D eigenvalue weighted by atomic mass is 32.1. The number of nitrogens with zero attached hydrogens (tertiary/aromatic N) is 2. The van der Waals surface area contributed by atoms with Crippen molar-refractivity contribution in [2.24, 2.45) is 0 Å². The van der Waals surface area contributed by atoms with E-state index >= 15 is 0 Å². The minimum Gasteiger partial charge on any atom is -0.368 e. The van der Waals surface area contributed by atoms with Gasteiger partial charge in [0.25, 0.3) is 0 Å². The second kappa shape index (κ2) is 4.09. The van der Waals surface area contributed by atoms with Gasteiger partial charge in [0.2, 0.25) is 5.95 Å². The Bertz CT molecular complexity index is 505. The van der Waals surface area contributed by atoms with Crippen LogP contribution in [0.15, 0.2) is 22.4 Å². The average Bonchev–Trinajstić information content (AvgIpc) is 2.62. The maximum Gasteiger partial charge on any atom is 0.304 e. The predicted octanol–water partition coefficient (Wildman–Crippen LogP) is 0.421. The van der Waals surface area contributed by atoms with Crippen LogP contribution in [0, 0.1) is 0 Å². The lowest BCUT2D eigenvalue weighted by atomic mass is 10.4.